The average Bonchev–Trinajstić information content (AvgIpc) is 3.56. The van der Waals surface area contributed by atoms with Gasteiger partial charge in [0.15, 0.2) is 0 Å². The zero-order valence-electron chi connectivity index (χ0n) is 37.7. The van der Waals surface area contributed by atoms with Crippen LogP contribution in [-0.2, 0) is 23.7 Å². The summed E-state index contributed by atoms with van der Waals surface area (Å²) in [6.45, 7) is 5.48. The minimum Gasteiger partial charge on any atom is -0.462 e. The first-order valence-electron chi connectivity index (χ1n) is 23.0. The van der Waals surface area contributed by atoms with E-state index in [0.717, 1.165) is 30.6 Å². The lowest BCUT2D eigenvalue weighted by Crippen LogP contribution is -2.59. The third-order valence-electron chi connectivity index (χ3n) is 13.7. The molecular formula is C49H59F3N5O7PS. The summed E-state index contributed by atoms with van der Waals surface area (Å²) in [6.07, 6.45) is 1.76. The van der Waals surface area contributed by atoms with E-state index < -0.39 is 56.0 Å². The number of amides is 3. The SMILES string of the molecule is CC(C)OC(=O)[C@H](C)NP(=O)(Oc1ccccc1)[C@@H](F)c1ccc2sc(C(=O)N[C@H]3CC[C@H](N(C)CCC(F)F)C[C@H]4CC[C@@H](C(=O)N5C[C@H](c6ccccc6)CC56CC6)N4C3=O)cc2c1. The van der Waals surface area contributed by atoms with Crippen LogP contribution in [0.25, 0.3) is 10.1 Å². The smallest absolute Gasteiger partial charge is 0.355 e. The second-order valence-corrected chi connectivity index (χ2v) is 21.9. The standard InChI is InChI=1S/C49H59F3N5O7PS/c1-30(2)63-48(61)31(3)54-65(62,64-38-13-9-6-10-14-38)44(52)33-15-20-41-34(25-33)26-42(66-41)45(58)53-39-18-16-36(55(4)24-21-43(50)51)27-37-17-19-40(57(37)46(39)59)47(60)56-29-35(28-49(56)22-23-49)32-11-7-5-8-12-32/h5-15,20,25-26,30-31,35-37,39-40,43-44H,16-19,21-24,27-29H2,1-4H3,(H,53,58)(H,54,62)/t31-,35+,36-,37+,39-,40-,44+,65?/m0/s1. The Balaban J connectivity index is 1.03. The number of thiophene rings is 1. The second-order valence-electron chi connectivity index (χ2n) is 18.7. The first-order valence-corrected chi connectivity index (χ1v) is 25.5. The van der Waals surface area contributed by atoms with Crippen LogP contribution in [0.4, 0.5) is 13.2 Å². The first kappa shape index (κ1) is 47.7. The van der Waals surface area contributed by atoms with Crippen molar-refractivity contribution in [3.05, 3.63) is 101 Å². The number of hydrogen-bond donors (Lipinski definition) is 2. The van der Waals surface area contributed by atoms with Crippen LogP contribution in [-0.4, -0.2) is 107 Å². The number of esters is 1. The summed E-state index contributed by atoms with van der Waals surface area (Å²) in [5.74, 6) is -3.59. The van der Waals surface area contributed by atoms with Crippen LogP contribution in [0.3, 0.4) is 0 Å². The van der Waals surface area contributed by atoms with Gasteiger partial charge in [-0.05, 0) is 126 Å². The van der Waals surface area contributed by atoms with E-state index in [1.54, 1.807) is 49.1 Å². The van der Waals surface area contributed by atoms with Gasteiger partial charge >= 0.3 is 13.5 Å². The van der Waals surface area contributed by atoms with Gasteiger partial charge in [0.25, 0.3) is 5.91 Å². The largest absolute Gasteiger partial charge is 0.462 e. The maximum atomic E-state index is 16.7. The number of hydrogen-bond acceptors (Lipinski definition) is 9. The fourth-order valence-corrected chi connectivity index (χ4v) is 13.0. The third kappa shape index (κ3) is 10.4. The average molecular weight is 950 g/mol. The summed E-state index contributed by atoms with van der Waals surface area (Å²) in [5.41, 5.74) is 0.950. The van der Waals surface area contributed by atoms with Crippen LogP contribution in [0.1, 0.15) is 111 Å². The lowest BCUT2D eigenvalue weighted by atomic mass is 9.93. The van der Waals surface area contributed by atoms with Crippen LogP contribution in [0.15, 0.2) is 84.9 Å². The normalized spacial score (nSPS) is 24.5. The zero-order valence-corrected chi connectivity index (χ0v) is 39.5. The molecule has 1 aliphatic carbocycles. The van der Waals surface area contributed by atoms with Crippen LogP contribution in [0, 0.1) is 0 Å². The number of benzene rings is 3. The van der Waals surface area contributed by atoms with Gasteiger partial charge in [0, 0.05) is 47.8 Å². The Bertz CT molecular complexity index is 2440. The molecule has 354 valence electrons. The summed E-state index contributed by atoms with van der Waals surface area (Å²) in [7, 11) is -2.70. The molecule has 1 saturated carbocycles. The molecule has 4 aromatic rings. The Morgan fingerprint density at radius 1 is 0.939 bits per heavy atom. The lowest BCUT2D eigenvalue weighted by Gasteiger charge is -2.41. The quantitative estimate of drug-likeness (QED) is 0.0832. The highest BCUT2D eigenvalue weighted by atomic mass is 32.1. The van der Waals surface area contributed by atoms with Crippen molar-refractivity contribution in [2.45, 2.75) is 139 Å². The highest BCUT2D eigenvalue weighted by Crippen LogP contribution is 2.58. The molecule has 3 amide bonds. The van der Waals surface area contributed by atoms with Gasteiger partial charge in [0.2, 0.25) is 24.2 Å². The van der Waals surface area contributed by atoms with Crippen molar-refractivity contribution in [3.8, 4) is 5.75 Å². The molecule has 1 spiro atoms. The number of carbonyl (C=O) groups excluding carboxylic acids is 4. The summed E-state index contributed by atoms with van der Waals surface area (Å²) in [6, 6.07) is 21.0. The van der Waals surface area contributed by atoms with Crippen LogP contribution in [0.5, 0.6) is 5.75 Å². The molecule has 0 radical (unpaired) electrons. The number of rotatable bonds is 16. The lowest BCUT2D eigenvalue weighted by molar-refractivity contribution is -0.149. The Kier molecular flexibility index (Phi) is 14.3. The molecule has 17 heteroatoms. The van der Waals surface area contributed by atoms with Crippen molar-refractivity contribution >= 4 is 52.6 Å². The molecule has 0 bridgehead atoms. The molecule has 1 aromatic heterocycles. The maximum absolute atomic E-state index is 16.7. The highest BCUT2D eigenvalue weighted by molar-refractivity contribution is 7.57. The summed E-state index contributed by atoms with van der Waals surface area (Å²) in [5, 5.41) is 6.04. The number of likely N-dealkylation sites (tertiary alicyclic amines) is 1. The maximum Gasteiger partial charge on any atom is 0.355 e. The van der Waals surface area contributed by atoms with E-state index in [2.05, 4.69) is 22.5 Å². The molecule has 4 aliphatic rings. The van der Waals surface area contributed by atoms with Gasteiger partial charge in [0.1, 0.15) is 23.9 Å². The van der Waals surface area contributed by atoms with Crippen molar-refractivity contribution < 1.29 is 46.2 Å². The van der Waals surface area contributed by atoms with Gasteiger partial charge in [-0.25, -0.2) is 18.3 Å². The van der Waals surface area contributed by atoms with Crippen molar-refractivity contribution in [2.24, 2.45) is 0 Å². The third-order valence-corrected chi connectivity index (χ3v) is 16.9. The predicted octanol–water partition coefficient (Wildman–Crippen LogP) is 9.22. The number of fused-ring (bicyclic) bond motifs is 2. The van der Waals surface area contributed by atoms with Gasteiger partial charge in [0.05, 0.1) is 11.0 Å². The fourth-order valence-electron chi connectivity index (χ4n) is 10.1. The molecule has 3 aliphatic heterocycles. The highest BCUT2D eigenvalue weighted by Gasteiger charge is 2.58. The zero-order chi connectivity index (χ0) is 46.9. The molecular weight excluding hydrogens is 891 g/mol. The molecule has 4 heterocycles. The Morgan fingerprint density at radius 2 is 1.65 bits per heavy atom. The van der Waals surface area contributed by atoms with Crippen LogP contribution in [0.2, 0.25) is 0 Å². The number of ether oxygens (including phenoxy) is 1. The Morgan fingerprint density at radius 3 is 2.33 bits per heavy atom. The monoisotopic (exact) mass is 949 g/mol. The number of nitrogens with one attached hydrogen (secondary N) is 2. The minimum absolute atomic E-state index is 0.0162. The van der Waals surface area contributed by atoms with E-state index in [9.17, 15) is 32.5 Å². The van der Waals surface area contributed by atoms with E-state index in [1.165, 1.54) is 36.8 Å². The molecule has 1 unspecified atom stereocenters. The molecule has 12 nitrogen and oxygen atoms in total. The topological polar surface area (TPSA) is 138 Å². The second kappa shape index (κ2) is 19.8. The van der Waals surface area contributed by atoms with Crippen molar-refractivity contribution in [3.63, 3.8) is 0 Å². The van der Waals surface area contributed by atoms with Crippen LogP contribution >= 0.6 is 18.9 Å². The van der Waals surface area contributed by atoms with Gasteiger partial charge in [-0.1, -0.05) is 54.6 Å². The predicted molar refractivity (Wildman–Crippen MR) is 247 cm³/mol. The fraction of sp³-hybridized carbons (Fsp3) is 0.510. The van der Waals surface area contributed by atoms with E-state index in [-0.39, 0.29) is 70.9 Å². The van der Waals surface area contributed by atoms with Crippen molar-refractivity contribution in [2.75, 3.05) is 20.1 Å². The van der Waals surface area contributed by atoms with E-state index in [0.29, 0.717) is 42.3 Å². The number of nitrogens with zero attached hydrogens (tertiary/aromatic N) is 3. The van der Waals surface area contributed by atoms with E-state index in [1.807, 2.05) is 35.0 Å². The summed E-state index contributed by atoms with van der Waals surface area (Å²) >= 11 is 1.14. The molecule has 2 N–H and O–H groups in total. The number of carbonyl (C=O) groups is 4. The van der Waals surface area contributed by atoms with Gasteiger partial charge < -0.3 is 29.3 Å². The number of alkyl halides is 3. The Labute approximate surface area is 388 Å². The molecule has 4 fully saturated rings. The summed E-state index contributed by atoms with van der Waals surface area (Å²) in [4.78, 5) is 62.4. The summed E-state index contributed by atoms with van der Waals surface area (Å²) < 4.78 is 69.6. The van der Waals surface area contributed by atoms with Gasteiger partial charge in [-0.2, -0.15) is 0 Å². The Hall–Kier alpha value is -4.76. The number of halogens is 3. The molecule has 8 rings (SSSR count). The molecule has 3 aromatic carbocycles. The van der Waals surface area contributed by atoms with E-state index in [4.69, 9.17) is 9.26 Å². The number of para-hydroxylation sites is 1. The van der Waals surface area contributed by atoms with Gasteiger partial charge in [-0.3, -0.25) is 23.7 Å². The first-order chi connectivity index (χ1) is 31.5. The van der Waals surface area contributed by atoms with Crippen LogP contribution < -0.4 is 14.9 Å². The van der Waals surface area contributed by atoms with Crippen molar-refractivity contribution in [1.29, 1.82) is 0 Å². The van der Waals surface area contributed by atoms with Gasteiger partial charge in [-0.15, -0.1) is 11.3 Å². The molecule has 66 heavy (non-hydrogen) atoms. The molecule has 3 saturated heterocycles. The van der Waals surface area contributed by atoms with Crippen molar-refractivity contribution in [1.82, 2.24) is 25.1 Å². The van der Waals surface area contributed by atoms with E-state index >= 15 is 4.39 Å². The minimum atomic E-state index is -4.51. The molecule has 8 atom stereocenters.